The molecule has 0 saturated heterocycles. The fourth-order valence-corrected chi connectivity index (χ4v) is 1.98. The molecule has 0 heterocycles. The van der Waals surface area contributed by atoms with Crippen molar-refractivity contribution in [3.63, 3.8) is 0 Å². The third-order valence-electron chi connectivity index (χ3n) is 3.10. The Morgan fingerprint density at radius 2 is 2.15 bits per heavy atom. The van der Waals surface area contributed by atoms with Gasteiger partial charge in [0.1, 0.15) is 0 Å². The lowest BCUT2D eigenvalue weighted by atomic mass is 10.2. The van der Waals surface area contributed by atoms with Gasteiger partial charge >= 0.3 is 0 Å². The van der Waals surface area contributed by atoms with Crippen molar-refractivity contribution in [2.75, 3.05) is 13.1 Å². The van der Waals surface area contributed by atoms with Gasteiger partial charge in [0.25, 0.3) is 5.69 Å². The third kappa shape index (κ3) is 4.18. The zero-order valence-corrected chi connectivity index (χ0v) is 11.7. The molecule has 2 N–H and O–H groups in total. The summed E-state index contributed by atoms with van der Waals surface area (Å²) in [5.74, 6) is 0.321. The minimum absolute atomic E-state index is 0.0215. The number of nitro benzene ring substituents is 1. The molecule has 0 aromatic heterocycles. The smallest absolute Gasteiger partial charge is 0.269 e. The Morgan fingerprint density at radius 3 is 2.80 bits per heavy atom. The molecule has 0 bridgehead atoms. The highest BCUT2D eigenvalue weighted by Crippen LogP contribution is 2.28. The summed E-state index contributed by atoms with van der Waals surface area (Å²) in [6.45, 7) is 1.57. The van der Waals surface area contributed by atoms with Crippen LogP contribution in [-0.4, -0.2) is 23.9 Å². The number of amides is 1. The Balaban J connectivity index is 1.74. The third-order valence-corrected chi connectivity index (χ3v) is 3.47. The number of nitro groups is 1. The van der Waals surface area contributed by atoms with Crippen LogP contribution >= 0.6 is 11.6 Å². The maximum atomic E-state index is 11.4. The fraction of sp³-hybridized carbons (Fsp3) is 0.462. The van der Waals surface area contributed by atoms with Gasteiger partial charge in [-0.05, 0) is 24.5 Å². The van der Waals surface area contributed by atoms with Gasteiger partial charge in [-0.2, -0.15) is 0 Å². The maximum absolute atomic E-state index is 11.4. The van der Waals surface area contributed by atoms with Gasteiger partial charge in [0.15, 0.2) is 0 Å². The lowest BCUT2D eigenvalue weighted by molar-refractivity contribution is -0.384. The van der Waals surface area contributed by atoms with E-state index in [-0.39, 0.29) is 17.5 Å². The Morgan fingerprint density at radius 1 is 1.40 bits per heavy atom. The Labute approximate surface area is 121 Å². The van der Waals surface area contributed by atoms with Crippen molar-refractivity contribution < 1.29 is 9.72 Å². The molecule has 0 spiro atoms. The maximum Gasteiger partial charge on any atom is 0.269 e. The molecular formula is C13H16ClN3O3. The second-order valence-corrected chi connectivity index (χ2v) is 5.18. The molecule has 1 aliphatic rings. The van der Waals surface area contributed by atoms with Gasteiger partial charge in [-0.25, -0.2) is 0 Å². The highest BCUT2D eigenvalue weighted by atomic mass is 35.5. The van der Waals surface area contributed by atoms with Crippen LogP contribution in [0.3, 0.4) is 0 Å². The lowest BCUT2D eigenvalue weighted by Gasteiger charge is -2.08. The van der Waals surface area contributed by atoms with E-state index < -0.39 is 4.92 Å². The Kier molecular flexibility index (Phi) is 4.92. The number of hydrogen-bond acceptors (Lipinski definition) is 4. The summed E-state index contributed by atoms with van der Waals surface area (Å²) in [5, 5.41) is 17.1. The molecule has 2 rings (SSSR count). The molecule has 20 heavy (non-hydrogen) atoms. The van der Waals surface area contributed by atoms with Crippen molar-refractivity contribution in [1.29, 1.82) is 0 Å². The first-order valence-electron chi connectivity index (χ1n) is 6.49. The van der Waals surface area contributed by atoms with Gasteiger partial charge in [0.05, 0.1) is 4.92 Å². The van der Waals surface area contributed by atoms with Crippen LogP contribution < -0.4 is 10.6 Å². The normalized spacial score (nSPS) is 14.1. The van der Waals surface area contributed by atoms with Gasteiger partial charge in [-0.3, -0.25) is 14.9 Å². The van der Waals surface area contributed by atoms with Gasteiger partial charge in [-0.15, -0.1) is 0 Å². The number of nitrogens with zero attached hydrogens (tertiary/aromatic N) is 1. The van der Waals surface area contributed by atoms with E-state index in [1.807, 2.05) is 0 Å². The Hall–Kier alpha value is -1.66. The molecule has 0 unspecified atom stereocenters. The van der Waals surface area contributed by atoms with Gasteiger partial charge in [-0.1, -0.05) is 11.6 Å². The van der Waals surface area contributed by atoms with E-state index in [0.717, 1.165) is 12.8 Å². The predicted molar refractivity (Wildman–Crippen MR) is 75.5 cm³/mol. The summed E-state index contributed by atoms with van der Waals surface area (Å²) in [6, 6.07) is 4.35. The van der Waals surface area contributed by atoms with Crippen LogP contribution in [-0.2, 0) is 11.3 Å². The average Bonchev–Trinajstić information content (AvgIpc) is 3.24. The molecular weight excluding hydrogens is 282 g/mol. The molecule has 0 aliphatic heterocycles. The number of carbonyl (C=O) groups excluding carboxylic acids is 1. The van der Waals surface area contributed by atoms with E-state index in [2.05, 4.69) is 10.6 Å². The first kappa shape index (κ1) is 14.7. The van der Waals surface area contributed by atoms with Crippen molar-refractivity contribution >= 4 is 23.2 Å². The van der Waals surface area contributed by atoms with Gasteiger partial charge in [0, 0.05) is 42.7 Å². The van der Waals surface area contributed by atoms with Crippen molar-refractivity contribution in [3.05, 3.63) is 38.9 Å². The number of hydrogen-bond donors (Lipinski definition) is 2. The number of nitrogens with one attached hydrogen (secondary N) is 2. The largest absolute Gasteiger partial charge is 0.355 e. The molecule has 0 atom stereocenters. The zero-order chi connectivity index (χ0) is 14.5. The molecule has 1 aromatic carbocycles. The first-order valence-corrected chi connectivity index (χ1v) is 6.87. The SMILES string of the molecule is O=C(NCCNCc1cc([N+](=O)[O-])ccc1Cl)C1CC1. The minimum Gasteiger partial charge on any atom is -0.355 e. The van der Waals surface area contributed by atoms with E-state index in [9.17, 15) is 14.9 Å². The van der Waals surface area contributed by atoms with E-state index in [1.54, 1.807) is 0 Å². The molecule has 0 radical (unpaired) electrons. The predicted octanol–water partition coefficient (Wildman–Crippen LogP) is 1.86. The standard InChI is InChI=1S/C13H16ClN3O3/c14-12-4-3-11(17(19)20)7-10(12)8-15-5-6-16-13(18)9-1-2-9/h3-4,7,9,15H,1-2,5-6,8H2,(H,16,18). The Bertz CT molecular complexity index is 518. The van der Waals surface area contributed by atoms with Crippen LogP contribution in [0.1, 0.15) is 18.4 Å². The topological polar surface area (TPSA) is 84.3 Å². The monoisotopic (exact) mass is 297 g/mol. The van der Waals surface area contributed by atoms with Crippen LogP contribution in [0, 0.1) is 16.0 Å². The van der Waals surface area contributed by atoms with Crippen LogP contribution in [0.25, 0.3) is 0 Å². The van der Waals surface area contributed by atoms with Crippen LogP contribution in [0.5, 0.6) is 0 Å². The molecule has 1 amide bonds. The number of benzene rings is 1. The summed E-state index contributed by atoms with van der Waals surface area (Å²) in [5.41, 5.74) is 0.697. The van der Waals surface area contributed by atoms with Gasteiger partial charge in [0.2, 0.25) is 5.91 Å². The van der Waals surface area contributed by atoms with E-state index >= 15 is 0 Å². The molecule has 7 heteroatoms. The second-order valence-electron chi connectivity index (χ2n) is 4.77. The number of non-ortho nitro benzene ring substituents is 1. The fourth-order valence-electron chi connectivity index (χ4n) is 1.80. The zero-order valence-electron chi connectivity index (χ0n) is 10.9. The molecule has 1 aliphatic carbocycles. The first-order chi connectivity index (χ1) is 9.58. The van der Waals surface area contributed by atoms with Crippen LogP contribution in [0.2, 0.25) is 5.02 Å². The van der Waals surface area contributed by atoms with Crippen molar-refractivity contribution in [2.24, 2.45) is 5.92 Å². The summed E-state index contributed by atoms with van der Waals surface area (Å²) < 4.78 is 0. The van der Waals surface area contributed by atoms with E-state index in [4.69, 9.17) is 11.6 Å². The summed E-state index contributed by atoms with van der Waals surface area (Å²) in [4.78, 5) is 21.6. The van der Waals surface area contributed by atoms with E-state index in [1.165, 1.54) is 18.2 Å². The molecule has 108 valence electrons. The summed E-state index contributed by atoms with van der Waals surface area (Å²) in [7, 11) is 0. The number of rotatable bonds is 7. The molecule has 1 fully saturated rings. The van der Waals surface area contributed by atoms with Crippen LogP contribution in [0.4, 0.5) is 5.69 Å². The van der Waals surface area contributed by atoms with Gasteiger partial charge < -0.3 is 10.6 Å². The molecule has 6 nitrogen and oxygen atoms in total. The number of halogens is 1. The average molecular weight is 298 g/mol. The second kappa shape index (κ2) is 6.67. The lowest BCUT2D eigenvalue weighted by Crippen LogP contribution is -2.32. The summed E-state index contributed by atoms with van der Waals surface area (Å²) >= 11 is 5.98. The number of carbonyl (C=O) groups is 1. The quantitative estimate of drug-likeness (QED) is 0.457. The highest BCUT2D eigenvalue weighted by molar-refractivity contribution is 6.31. The van der Waals surface area contributed by atoms with Crippen LogP contribution in [0.15, 0.2) is 18.2 Å². The van der Waals surface area contributed by atoms with Crippen molar-refractivity contribution in [3.8, 4) is 0 Å². The van der Waals surface area contributed by atoms with Crippen molar-refractivity contribution in [2.45, 2.75) is 19.4 Å². The van der Waals surface area contributed by atoms with Crippen molar-refractivity contribution in [1.82, 2.24) is 10.6 Å². The molecule has 1 saturated carbocycles. The summed E-state index contributed by atoms with van der Waals surface area (Å²) in [6.07, 6.45) is 1.98. The molecule has 1 aromatic rings. The highest BCUT2D eigenvalue weighted by Gasteiger charge is 2.28. The minimum atomic E-state index is -0.449. The van der Waals surface area contributed by atoms with E-state index in [0.29, 0.717) is 30.2 Å².